The Balaban J connectivity index is 1.37. The molecular weight excluding hydrogens is 392 g/mol. The molecule has 1 saturated heterocycles. The van der Waals surface area contributed by atoms with Crippen LogP contribution < -0.4 is 14.8 Å². The van der Waals surface area contributed by atoms with Crippen LogP contribution in [0.4, 0.5) is 0 Å². The van der Waals surface area contributed by atoms with Gasteiger partial charge in [-0.1, -0.05) is 42.5 Å². The van der Waals surface area contributed by atoms with E-state index in [1.54, 1.807) is 7.11 Å². The summed E-state index contributed by atoms with van der Waals surface area (Å²) >= 11 is 0. The number of ether oxygens (including phenoxy) is 3. The lowest BCUT2D eigenvalue weighted by molar-refractivity contribution is -0.123. The molecule has 0 unspecified atom stereocenters. The van der Waals surface area contributed by atoms with Crippen molar-refractivity contribution < 1.29 is 19.0 Å². The highest BCUT2D eigenvalue weighted by Crippen LogP contribution is 2.25. The van der Waals surface area contributed by atoms with Gasteiger partial charge in [-0.3, -0.25) is 9.69 Å². The molecule has 3 aromatic rings. The van der Waals surface area contributed by atoms with Gasteiger partial charge in [-0.2, -0.15) is 0 Å². The van der Waals surface area contributed by atoms with E-state index < -0.39 is 0 Å². The van der Waals surface area contributed by atoms with E-state index in [2.05, 4.69) is 22.3 Å². The van der Waals surface area contributed by atoms with Crippen LogP contribution in [0.5, 0.6) is 11.5 Å². The quantitative estimate of drug-likeness (QED) is 0.605. The van der Waals surface area contributed by atoms with Crippen molar-refractivity contribution in [3.8, 4) is 11.5 Å². The molecule has 1 heterocycles. The Hall–Kier alpha value is -3.09. The number of methoxy groups -OCH3 is 1. The van der Waals surface area contributed by atoms with E-state index in [-0.39, 0.29) is 18.6 Å². The molecule has 6 nitrogen and oxygen atoms in total. The minimum absolute atomic E-state index is 0.0215. The van der Waals surface area contributed by atoms with Crippen molar-refractivity contribution in [3.63, 3.8) is 0 Å². The van der Waals surface area contributed by atoms with E-state index in [4.69, 9.17) is 14.2 Å². The zero-order valence-corrected chi connectivity index (χ0v) is 17.8. The molecule has 0 saturated carbocycles. The highest BCUT2D eigenvalue weighted by atomic mass is 16.5. The zero-order valence-electron chi connectivity index (χ0n) is 17.8. The highest BCUT2D eigenvalue weighted by molar-refractivity contribution is 5.84. The fourth-order valence-corrected chi connectivity index (χ4v) is 3.86. The number of carbonyl (C=O) groups is 1. The Morgan fingerprint density at radius 3 is 2.61 bits per heavy atom. The average Bonchev–Trinajstić information content (AvgIpc) is 2.83. The molecule has 0 bridgehead atoms. The molecule has 162 valence electrons. The molecule has 0 radical (unpaired) electrons. The van der Waals surface area contributed by atoms with Gasteiger partial charge in [0.1, 0.15) is 11.5 Å². The summed E-state index contributed by atoms with van der Waals surface area (Å²) in [5.41, 5.74) is 1.11. The Morgan fingerprint density at radius 2 is 1.81 bits per heavy atom. The maximum atomic E-state index is 12.5. The van der Waals surface area contributed by atoms with E-state index >= 15 is 0 Å². The first-order chi connectivity index (χ1) is 15.2. The van der Waals surface area contributed by atoms with Gasteiger partial charge in [0.15, 0.2) is 6.61 Å². The molecule has 3 aromatic carbocycles. The molecule has 1 fully saturated rings. The van der Waals surface area contributed by atoms with Gasteiger partial charge in [-0.05, 0) is 40.6 Å². The van der Waals surface area contributed by atoms with Crippen LogP contribution in [0.25, 0.3) is 10.8 Å². The third-order valence-corrected chi connectivity index (χ3v) is 5.55. The Bertz CT molecular complexity index is 1020. The molecule has 31 heavy (non-hydrogen) atoms. The summed E-state index contributed by atoms with van der Waals surface area (Å²) in [5.74, 6) is 1.35. The van der Waals surface area contributed by atoms with Crippen molar-refractivity contribution >= 4 is 16.7 Å². The van der Waals surface area contributed by atoms with Gasteiger partial charge in [0.25, 0.3) is 5.91 Å². The first kappa shape index (κ1) is 21.2. The molecule has 0 spiro atoms. The normalized spacial score (nSPS) is 15.4. The summed E-state index contributed by atoms with van der Waals surface area (Å²) in [6, 6.07) is 22.0. The van der Waals surface area contributed by atoms with E-state index in [0.29, 0.717) is 25.5 Å². The van der Waals surface area contributed by atoms with Crippen molar-refractivity contribution in [2.75, 3.05) is 46.6 Å². The number of amides is 1. The number of rotatable bonds is 8. The Kier molecular flexibility index (Phi) is 7.02. The summed E-state index contributed by atoms with van der Waals surface area (Å²) in [6.45, 7) is 3.51. The van der Waals surface area contributed by atoms with Crippen molar-refractivity contribution in [3.05, 3.63) is 72.3 Å². The second-order valence-corrected chi connectivity index (χ2v) is 7.54. The van der Waals surface area contributed by atoms with E-state index in [1.165, 1.54) is 0 Å². The number of benzene rings is 3. The largest absolute Gasteiger partial charge is 0.497 e. The number of fused-ring (bicyclic) bond motifs is 1. The van der Waals surface area contributed by atoms with Gasteiger partial charge in [0, 0.05) is 19.6 Å². The van der Waals surface area contributed by atoms with Gasteiger partial charge in [-0.25, -0.2) is 0 Å². The fourth-order valence-electron chi connectivity index (χ4n) is 3.86. The van der Waals surface area contributed by atoms with Crippen LogP contribution in [0.2, 0.25) is 0 Å². The molecule has 1 atom stereocenters. The Morgan fingerprint density at radius 1 is 1.00 bits per heavy atom. The van der Waals surface area contributed by atoms with Gasteiger partial charge in [-0.15, -0.1) is 0 Å². The second kappa shape index (κ2) is 10.3. The highest BCUT2D eigenvalue weighted by Gasteiger charge is 2.23. The first-order valence-electron chi connectivity index (χ1n) is 10.6. The third-order valence-electron chi connectivity index (χ3n) is 5.55. The van der Waals surface area contributed by atoms with Crippen molar-refractivity contribution in [2.45, 2.75) is 6.04 Å². The Labute approximate surface area is 182 Å². The fraction of sp³-hybridized carbons (Fsp3) is 0.320. The van der Waals surface area contributed by atoms with Gasteiger partial charge in [0.2, 0.25) is 0 Å². The smallest absolute Gasteiger partial charge is 0.258 e. The van der Waals surface area contributed by atoms with Gasteiger partial charge < -0.3 is 19.5 Å². The number of morpholine rings is 1. The minimum atomic E-state index is -0.144. The first-order valence-corrected chi connectivity index (χ1v) is 10.6. The van der Waals surface area contributed by atoms with E-state index in [9.17, 15) is 4.79 Å². The molecular formula is C25H28N2O4. The van der Waals surface area contributed by atoms with Crippen LogP contribution in [-0.4, -0.2) is 57.4 Å². The lowest BCUT2D eigenvalue weighted by Gasteiger charge is -2.35. The minimum Gasteiger partial charge on any atom is -0.497 e. The summed E-state index contributed by atoms with van der Waals surface area (Å²) in [4.78, 5) is 14.9. The summed E-state index contributed by atoms with van der Waals surface area (Å²) in [6.07, 6.45) is 0. The molecule has 0 aliphatic carbocycles. The predicted octanol–water partition coefficient (Wildman–Crippen LogP) is 3.42. The van der Waals surface area contributed by atoms with E-state index in [0.717, 1.165) is 35.2 Å². The molecule has 6 heteroatoms. The van der Waals surface area contributed by atoms with Crippen LogP contribution in [0.3, 0.4) is 0 Å². The number of carbonyl (C=O) groups excluding carboxylic acids is 1. The zero-order chi connectivity index (χ0) is 21.5. The maximum Gasteiger partial charge on any atom is 0.258 e. The van der Waals surface area contributed by atoms with E-state index in [1.807, 2.05) is 54.6 Å². The van der Waals surface area contributed by atoms with Crippen LogP contribution in [0.15, 0.2) is 66.7 Å². The maximum absolute atomic E-state index is 12.5. The van der Waals surface area contributed by atoms with Crippen molar-refractivity contribution in [1.82, 2.24) is 10.2 Å². The monoisotopic (exact) mass is 420 g/mol. The number of hydrogen-bond donors (Lipinski definition) is 1. The SMILES string of the molecule is COc1cccc([C@@H](CNC(=O)COc2ccc3ccccc3c2)N2CCOCC2)c1. The lowest BCUT2D eigenvalue weighted by atomic mass is 10.0. The number of hydrogen-bond acceptors (Lipinski definition) is 5. The average molecular weight is 421 g/mol. The number of nitrogens with one attached hydrogen (secondary N) is 1. The van der Waals surface area contributed by atoms with Crippen LogP contribution >= 0.6 is 0 Å². The molecule has 1 amide bonds. The van der Waals surface area contributed by atoms with Gasteiger partial charge in [0.05, 0.1) is 26.4 Å². The summed E-state index contributed by atoms with van der Waals surface area (Å²) in [7, 11) is 1.66. The predicted molar refractivity (Wildman–Crippen MR) is 121 cm³/mol. The van der Waals surface area contributed by atoms with Crippen molar-refractivity contribution in [1.29, 1.82) is 0 Å². The van der Waals surface area contributed by atoms with Crippen LogP contribution in [0.1, 0.15) is 11.6 Å². The second-order valence-electron chi connectivity index (χ2n) is 7.54. The topological polar surface area (TPSA) is 60.0 Å². The standard InChI is InChI=1S/C25H28N2O4/c1-29-22-8-4-7-21(16-22)24(27-11-13-30-14-12-27)17-26-25(28)18-31-23-10-9-19-5-2-3-6-20(19)15-23/h2-10,15-16,24H,11-14,17-18H2,1H3,(H,26,28)/t24-/m1/s1. The summed E-state index contributed by atoms with van der Waals surface area (Å²) < 4.78 is 16.6. The van der Waals surface area contributed by atoms with Crippen LogP contribution in [-0.2, 0) is 9.53 Å². The van der Waals surface area contributed by atoms with Crippen LogP contribution in [0, 0.1) is 0 Å². The molecule has 1 aliphatic rings. The third kappa shape index (κ3) is 5.54. The molecule has 1 aliphatic heterocycles. The lowest BCUT2D eigenvalue weighted by Crippen LogP contribution is -2.44. The molecule has 1 N–H and O–H groups in total. The summed E-state index contributed by atoms with van der Waals surface area (Å²) in [5, 5.41) is 5.27. The van der Waals surface area contributed by atoms with Crippen molar-refractivity contribution in [2.24, 2.45) is 0 Å². The molecule has 0 aromatic heterocycles. The molecule has 4 rings (SSSR count). The van der Waals surface area contributed by atoms with Gasteiger partial charge >= 0.3 is 0 Å². The number of nitrogens with zero attached hydrogens (tertiary/aromatic N) is 1.